The number of nitrogens with one attached hydrogen (secondary N) is 2. The van der Waals surface area contributed by atoms with Crippen LogP contribution in [0.3, 0.4) is 0 Å². The van der Waals surface area contributed by atoms with Gasteiger partial charge in [-0.1, -0.05) is 42.1 Å². The quantitative estimate of drug-likeness (QED) is 0.423. The molecule has 37 heavy (non-hydrogen) atoms. The van der Waals surface area contributed by atoms with Gasteiger partial charge in [0.25, 0.3) is 0 Å². The fourth-order valence-corrected chi connectivity index (χ4v) is 5.73. The minimum absolute atomic E-state index is 0.0942. The third-order valence-electron chi connectivity index (χ3n) is 6.55. The molecule has 3 aromatic rings. The van der Waals surface area contributed by atoms with Gasteiger partial charge >= 0.3 is 5.97 Å². The van der Waals surface area contributed by atoms with Crippen molar-refractivity contribution in [2.75, 3.05) is 20.8 Å². The van der Waals surface area contributed by atoms with Crippen molar-refractivity contribution in [1.29, 1.82) is 0 Å². The van der Waals surface area contributed by atoms with Crippen molar-refractivity contribution in [2.24, 2.45) is 4.99 Å². The molecule has 0 unspecified atom stereocenters. The van der Waals surface area contributed by atoms with Gasteiger partial charge in [-0.05, 0) is 48.1 Å². The normalized spacial score (nSPS) is 16.8. The molecule has 190 valence electrons. The maximum atomic E-state index is 13.0. The Morgan fingerprint density at radius 3 is 2.81 bits per heavy atom. The number of aromatic amines is 1. The average Bonchev–Trinajstić information content (AvgIpc) is 3.51. The summed E-state index contributed by atoms with van der Waals surface area (Å²) in [6.07, 6.45) is 2.87. The number of carbonyl (C=O) groups excluding carboxylic acids is 2. The molecule has 0 saturated carbocycles. The molecule has 2 aliphatic heterocycles. The number of nitrogens with zero attached hydrogens (tertiary/aromatic N) is 2. The number of aromatic nitrogens is 1. The zero-order valence-corrected chi connectivity index (χ0v) is 21.7. The van der Waals surface area contributed by atoms with Crippen LogP contribution >= 0.6 is 11.8 Å². The van der Waals surface area contributed by atoms with Gasteiger partial charge in [0.15, 0.2) is 5.17 Å². The van der Waals surface area contributed by atoms with Crippen molar-refractivity contribution >= 4 is 39.7 Å². The van der Waals surface area contributed by atoms with Crippen molar-refractivity contribution in [1.82, 2.24) is 15.2 Å². The highest BCUT2D eigenvalue weighted by Gasteiger charge is 2.41. The number of benzene rings is 2. The van der Waals surface area contributed by atoms with E-state index in [0.717, 1.165) is 28.4 Å². The third-order valence-corrected chi connectivity index (χ3v) is 7.44. The number of ether oxygens (including phenoxy) is 2. The Morgan fingerprint density at radius 1 is 1.16 bits per heavy atom. The fraction of sp³-hybridized carbons (Fsp3) is 0.250. The van der Waals surface area contributed by atoms with Gasteiger partial charge in [-0.15, -0.1) is 0 Å². The number of carbonyl (C=O) groups is 2. The number of hydrogen-bond acceptors (Lipinski definition) is 7. The van der Waals surface area contributed by atoms with E-state index >= 15 is 0 Å². The third kappa shape index (κ3) is 4.86. The number of aliphatic imine (C=N–C) groups is 1. The van der Waals surface area contributed by atoms with Crippen molar-refractivity contribution in [3.05, 3.63) is 88.2 Å². The molecule has 8 nitrogen and oxygen atoms in total. The Morgan fingerprint density at radius 2 is 2.00 bits per heavy atom. The van der Waals surface area contributed by atoms with Gasteiger partial charge in [-0.3, -0.25) is 4.79 Å². The summed E-state index contributed by atoms with van der Waals surface area (Å²) in [5, 5.41) is 6.86. The molecule has 1 amide bonds. The van der Waals surface area contributed by atoms with E-state index in [1.165, 1.54) is 29.8 Å². The molecular formula is C28H28N4O4S. The molecular weight excluding hydrogens is 488 g/mol. The van der Waals surface area contributed by atoms with Crippen molar-refractivity contribution in [3.63, 3.8) is 0 Å². The first-order chi connectivity index (χ1) is 18.0. The molecule has 1 atom stereocenters. The molecule has 3 heterocycles. The molecule has 2 aromatic carbocycles. The number of esters is 1. The van der Waals surface area contributed by atoms with E-state index < -0.39 is 12.0 Å². The van der Waals surface area contributed by atoms with Gasteiger partial charge in [0.2, 0.25) is 5.91 Å². The molecule has 0 spiro atoms. The molecule has 0 radical (unpaired) electrons. The van der Waals surface area contributed by atoms with Gasteiger partial charge < -0.3 is 24.7 Å². The Hall–Kier alpha value is -3.98. The predicted molar refractivity (Wildman–Crippen MR) is 145 cm³/mol. The second-order valence-corrected chi connectivity index (χ2v) is 9.63. The summed E-state index contributed by atoms with van der Waals surface area (Å²) in [5.41, 5.74) is 4.90. The number of amides is 1. The van der Waals surface area contributed by atoms with Crippen LogP contribution in [0, 0.1) is 0 Å². The molecule has 0 saturated heterocycles. The molecule has 0 bridgehead atoms. The van der Waals surface area contributed by atoms with E-state index in [1.807, 2.05) is 59.0 Å². The summed E-state index contributed by atoms with van der Waals surface area (Å²) < 4.78 is 10.6. The first-order valence-electron chi connectivity index (χ1n) is 12.0. The van der Waals surface area contributed by atoms with Crippen LogP contribution in [-0.4, -0.2) is 47.7 Å². The Kier molecular flexibility index (Phi) is 7.05. The van der Waals surface area contributed by atoms with Gasteiger partial charge in [0.05, 0.1) is 38.0 Å². The topological polar surface area (TPSA) is 96.0 Å². The number of thioether (sulfide) groups is 1. The van der Waals surface area contributed by atoms with Crippen molar-refractivity contribution in [2.45, 2.75) is 25.8 Å². The summed E-state index contributed by atoms with van der Waals surface area (Å²) in [6.45, 7) is 2.33. The minimum atomic E-state index is -0.490. The van der Waals surface area contributed by atoms with E-state index in [1.54, 1.807) is 14.0 Å². The molecule has 2 N–H and O–H groups in total. The number of fused-ring (bicyclic) bond motifs is 2. The number of allylic oxidation sites excluding steroid dienone is 1. The molecule has 2 aliphatic rings. The average molecular weight is 517 g/mol. The second kappa shape index (κ2) is 10.6. The first-order valence-corrected chi connectivity index (χ1v) is 12.9. The highest BCUT2D eigenvalue weighted by atomic mass is 32.2. The van der Waals surface area contributed by atoms with Crippen LogP contribution in [0.2, 0.25) is 0 Å². The number of amidine groups is 1. The van der Waals surface area contributed by atoms with E-state index in [2.05, 4.69) is 21.4 Å². The standard InChI is InChI=1S/C28H28N4O4S/c1-17-25(27(34)36-3)26(18-7-6-8-21(13-18)35-2)32-20(16-37-28(32)31-17)14-24(33)29-12-11-19-15-30-23-10-5-4-9-22(19)23/h4-10,13,15-16,26,30H,11-12,14H2,1-3H3,(H,29,33)/t26-/m0/s1. The van der Waals surface area contributed by atoms with Crippen molar-refractivity contribution in [3.8, 4) is 5.75 Å². The van der Waals surface area contributed by atoms with Crippen LogP contribution in [0.15, 0.2) is 82.1 Å². The van der Waals surface area contributed by atoms with Crippen LogP contribution < -0.4 is 10.1 Å². The second-order valence-electron chi connectivity index (χ2n) is 8.80. The van der Waals surface area contributed by atoms with Crippen LogP contribution in [0.25, 0.3) is 10.9 Å². The summed E-state index contributed by atoms with van der Waals surface area (Å²) in [4.78, 5) is 35.7. The van der Waals surface area contributed by atoms with E-state index in [-0.39, 0.29) is 12.3 Å². The number of hydrogen-bond donors (Lipinski definition) is 2. The Labute approximate surface area is 219 Å². The lowest BCUT2D eigenvalue weighted by Crippen LogP contribution is -2.38. The maximum Gasteiger partial charge on any atom is 0.338 e. The van der Waals surface area contributed by atoms with Crippen LogP contribution in [0.1, 0.15) is 30.5 Å². The van der Waals surface area contributed by atoms with E-state index in [4.69, 9.17) is 9.47 Å². The van der Waals surface area contributed by atoms with Gasteiger partial charge in [-0.2, -0.15) is 0 Å². The van der Waals surface area contributed by atoms with Gasteiger partial charge in [-0.25, -0.2) is 9.79 Å². The first kappa shape index (κ1) is 24.7. The molecule has 0 fully saturated rings. The van der Waals surface area contributed by atoms with Gasteiger partial charge in [0, 0.05) is 29.3 Å². The summed E-state index contributed by atoms with van der Waals surface area (Å²) in [5.74, 6) is 0.131. The summed E-state index contributed by atoms with van der Waals surface area (Å²) >= 11 is 1.45. The van der Waals surface area contributed by atoms with E-state index in [0.29, 0.717) is 23.6 Å². The highest BCUT2D eigenvalue weighted by molar-refractivity contribution is 8.16. The van der Waals surface area contributed by atoms with Crippen LogP contribution in [-0.2, 0) is 20.7 Å². The Bertz CT molecular complexity index is 1460. The zero-order chi connectivity index (χ0) is 25.9. The lowest BCUT2D eigenvalue weighted by Gasteiger charge is -2.36. The fourth-order valence-electron chi connectivity index (χ4n) is 4.77. The predicted octanol–water partition coefficient (Wildman–Crippen LogP) is 4.67. The lowest BCUT2D eigenvalue weighted by molar-refractivity contribution is -0.136. The number of para-hydroxylation sites is 1. The van der Waals surface area contributed by atoms with E-state index in [9.17, 15) is 9.59 Å². The molecule has 9 heteroatoms. The number of methoxy groups -OCH3 is 2. The molecule has 5 rings (SSSR count). The zero-order valence-electron chi connectivity index (χ0n) is 20.9. The number of rotatable bonds is 8. The SMILES string of the molecule is COC(=O)C1=C(C)N=C2SC=C(CC(=O)NCCc3c[nH]c4ccccc34)N2[C@H]1c1cccc(OC)c1. The summed E-state index contributed by atoms with van der Waals surface area (Å²) in [7, 11) is 2.97. The smallest absolute Gasteiger partial charge is 0.338 e. The molecule has 1 aromatic heterocycles. The Balaban J connectivity index is 1.34. The largest absolute Gasteiger partial charge is 0.497 e. The van der Waals surface area contributed by atoms with Gasteiger partial charge in [0.1, 0.15) is 5.75 Å². The maximum absolute atomic E-state index is 13.0. The minimum Gasteiger partial charge on any atom is -0.497 e. The number of H-pyrrole nitrogens is 1. The van der Waals surface area contributed by atoms with Crippen molar-refractivity contribution < 1.29 is 19.1 Å². The summed E-state index contributed by atoms with van der Waals surface area (Å²) in [6, 6.07) is 15.2. The highest BCUT2D eigenvalue weighted by Crippen LogP contribution is 2.45. The monoisotopic (exact) mass is 516 g/mol. The van der Waals surface area contributed by atoms with Crippen LogP contribution in [0.5, 0.6) is 5.75 Å². The molecule has 0 aliphatic carbocycles. The lowest BCUT2D eigenvalue weighted by atomic mass is 9.93. The van der Waals surface area contributed by atoms with Crippen LogP contribution in [0.4, 0.5) is 0 Å².